The number of fused-ring (bicyclic) bond motifs is 1. The lowest BCUT2D eigenvalue weighted by molar-refractivity contribution is -0.123. The van der Waals surface area contributed by atoms with Crippen molar-refractivity contribution in [1.82, 2.24) is 20.9 Å². The molecule has 0 spiro atoms. The Morgan fingerprint density at radius 2 is 1.96 bits per heavy atom. The van der Waals surface area contributed by atoms with E-state index >= 15 is 0 Å². The molecule has 3 atom stereocenters. The van der Waals surface area contributed by atoms with Gasteiger partial charge in [-0.1, -0.05) is 37.1 Å². The largest absolute Gasteiger partial charge is 0.339 e. The second-order valence-electron chi connectivity index (χ2n) is 7.26. The molecule has 3 saturated heterocycles. The van der Waals surface area contributed by atoms with E-state index in [2.05, 4.69) is 45.1 Å². The topological polar surface area (TPSA) is 56.4 Å². The smallest absolute Gasteiger partial charge is 0.245 e. The Labute approximate surface area is 154 Å². The number of carbonyl (C=O) groups excluding carboxylic acids is 1. The van der Waals surface area contributed by atoms with Crippen molar-refractivity contribution in [3.8, 4) is 0 Å². The standard InChI is InChI=1S/C19H26N4OS/c24-18-17-16(9-11-21-17)23(19(25)22-18)12-13-6-3-4-7-14(13)15-8-2-1-5-10-20-15/h3-4,6-7,15-17,20-21H,1-2,5,8-12H2,(H,22,24,25)/t15-,16?,17?/m0/s1. The van der Waals surface area contributed by atoms with E-state index in [0.29, 0.717) is 11.2 Å². The number of hydrogen-bond acceptors (Lipinski definition) is 4. The molecule has 2 unspecified atom stereocenters. The number of nitrogens with one attached hydrogen (secondary N) is 3. The highest BCUT2D eigenvalue weighted by atomic mass is 32.1. The molecule has 134 valence electrons. The van der Waals surface area contributed by atoms with Gasteiger partial charge in [-0.15, -0.1) is 0 Å². The lowest BCUT2D eigenvalue weighted by Gasteiger charge is -2.39. The fourth-order valence-electron chi connectivity index (χ4n) is 4.38. The molecule has 3 heterocycles. The number of carbonyl (C=O) groups is 1. The van der Waals surface area contributed by atoms with Crippen LogP contribution in [0, 0.1) is 0 Å². The summed E-state index contributed by atoms with van der Waals surface area (Å²) < 4.78 is 0. The normalized spacial score (nSPS) is 29.9. The number of amides is 1. The molecule has 1 aromatic rings. The van der Waals surface area contributed by atoms with Crippen molar-refractivity contribution in [2.24, 2.45) is 0 Å². The van der Waals surface area contributed by atoms with Gasteiger partial charge in [0.1, 0.15) is 6.04 Å². The maximum Gasteiger partial charge on any atom is 0.245 e. The summed E-state index contributed by atoms with van der Waals surface area (Å²) in [4.78, 5) is 14.3. The van der Waals surface area contributed by atoms with Gasteiger partial charge in [-0.25, -0.2) is 0 Å². The average Bonchev–Trinajstić information content (AvgIpc) is 2.95. The van der Waals surface area contributed by atoms with Crippen LogP contribution >= 0.6 is 12.2 Å². The van der Waals surface area contributed by atoms with Crippen LogP contribution in [0.5, 0.6) is 0 Å². The molecule has 0 radical (unpaired) electrons. The van der Waals surface area contributed by atoms with Crippen molar-refractivity contribution in [1.29, 1.82) is 0 Å². The van der Waals surface area contributed by atoms with E-state index in [-0.39, 0.29) is 18.0 Å². The van der Waals surface area contributed by atoms with Crippen LogP contribution < -0.4 is 16.0 Å². The maximum atomic E-state index is 12.1. The minimum absolute atomic E-state index is 0.0162. The van der Waals surface area contributed by atoms with Crippen LogP contribution in [0.3, 0.4) is 0 Å². The van der Waals surface area contributed by atoms with Crippen molar-refractivity contribution >= 4 is 23.2 Å². The Hall–Kier alpha value is -1.50. The summed E-state index contributed by atoms with van der Waals surface area (Å²) in [6.07, 6.45) is 5.99. The highest BCUT2D eigenvalue weighted by Crippen LogP contribution is 2.28. The molecule has 3 N–H and O–H groups in total. The molecule has 4 rings (SSSR count). The number of rotatable bonds is 3. The van der Waals surface area contributed by atoms with Gasteiger partial charge in [0.15, 0.2) is 5.11 Å². The minimum Gasteiger partial charge on any atom is -0.339 e. The van der Waals surface area contributed by atoms with Crippen LogP contribution in [0.1, 0.15) is 49.3 Å². The fraction of sp³-hybridized carbons (Fsp3) is 0.579. The second-order valence-corrected chi connectivity index (χ2v) is 7.65. The third-order valence-electron chi connectivity index (χ3n) is 5.69. The van der Waals surface area contributed by atoms with Gasteiger partial charge >= 0.3 is 0 Å². The van der Waals surface area contributed by atoms with Gasteiger partial charge in [0.25, 0.3) is 0 Å². The molecule has 1 amide bonds. The summed E-state index contributed by atoms with van der Waals surface area (Å²) in [5.41, 5.74) is 2.69. The predicted octanol–water partition coefficient (Wildman–Crippen LogP) is 1.84. The van der Waals surface area contributed by atoms with Crippen molar-refractivity contribution in [3.63, 3.8) is 0 Å². The van der Waals surface area contributed by atoms with Gasteiger partial charge in [0.05, 0.1) is 6.04 Å². The van der Waals surface area contributed by atoms with E-state index in [9.17, 15) is 4.79 Å². The number of hydrogen-bond donors (Lipinski definition) is 3. The second kappa shape index (κ2) is 7.40. The van der Waals surface area contributed by atoms with Gasteiger partial charge in [0.2, 0.25) is 5.91 Å². The molecule has 0 aliphatic carbocycles. The first kappa shape index (κ1) is 16.9. The third-order valence-corrected chi connectivity index (χ3v) is 6.03. The zero-order chi connectivity index (χ0) is 17.2. The van der Waals surface area contributed by atoms with Crippen molar-refractivity contribution in [2.75, 3.05) is 13.1 Å². The van der Waals surface area contributed by atoms with Crippen LogP contribution in [0.15, 0.2) is 24.3 Å². The Morgan fingerprint density at radius 1 is 1.08 bits per heavy atom. The van der Waals surface area contributed by atoms with E-state index in [1.54, 1.807) is 0 Å². The van der Waals surface area contributed by atoms with Crippen LogP contribution in [0.4, 0.5) is 0 Å². The molecule has 3 fully saturated rings. The lowest BCUT2D eigenvalue weighted by atomic mass is 9.95. The molecule has 0 saturated carbocycles. The molecular formula is C19H26N4OS. The summed E-state index contributed by atoms with van der Waals surface area (Å²) >= 11 is 5.50. The van der Waals surface area contributed by atoms with Gasteiger partial charge < -0.3 is 20.9 Å². The van der Waals surface area contributed by atoms with Gasteiger partial charge in [0, 0.05) is 12.6 Å². The van der Waals surface area contributed by atoms with Crippen LogP contribution in [-0.4, -0.2) is 41.1 Å². The van der Waals surface area contributed by atoms with E-state index in [0.717, 1.165) is 26.1 Å². The van der Waals surface area contributed by atoms with Crippen molar-refractivity contribution in [2.45, 2.75) is 56.8 Å². The first-order chi connectivity index (χ1) is 12.2. The van der Waals surface area contributed by atoms with E-state index in [4.69, 9.17) is 12.2 Å². The van der Waals surface area contributed by atoms with Crippen LogP contribution in [0.2, 0.25) is 0 Å². The van der Waals surface area contributed by atoms with Gasteiger partial charge in [-0.05, 0) is 55.7 Å². The number of thiocarbonyl (C=S) groups is 1. The molecule has 0 aromatic heterocycles. The Kier molecular flexibility index (Phi) is 5.01. The summed E-state index contributed by atoms with van der Waals surface area (Å²) in [5, 5.41) is 10.5. The summed E-state index contributed by atoms with van der Waals surface area (Å²) in [5.74, 6) is 0.0162. The first-order valence-electron chi connectivity index (χ1n) is 9.40. The number of nitrogens with zero attached hydrogens (tertiary/aromatic N) is 1. The lowest BCUT2D eigenvalue weighted by Crippen LogP contribution is -2.63. The fourth-order valence-corrected chi connectivity index (χ4v) is 4.68. The van der Waals surface area contributed by atoms with Gasteiger partial charge in [-0.2, -0.15) is 0 Å². The quantitative estimate of drug-likeness (QED) is 0.720. The zero-order valence-corrected chi connectivity index (χ0v) is 15.3. The molecule has 3 aliphatic heterocycles. The molecule has 3 aliphatic rings. The Morgan fingerprint density at radius 3 is 2.88 bits per heavy atom. The van der Waals surface area contributed by atoms with E-state index < -0.39 is 0 Å². The molecule has 6 heteroatoms. The predicted molar refractivity (Wildman–Crippen MR) is 102 cm³/mol. The zero-order valence-electron chi connectivity index (χ0n) is 14.5. The molecule has 25 heavy (non-hydrogen) atoms. The van der Waals surface area contributed by atoms with Crippen LogP contribution in [0.25, 0.3) is 0 Å². The van der Waals surface area contributed by atoms with Crippen molar-refractivity contribution in [3.05, 3.63) is 35.4 Å². The van der Waals surface area contributed by atoms with E-state index in [1.807, 2.05) is 0 Å². The average molecular weight is 359 g/mol. The number of benzene rings is 1. The Balaban J connectivity index is 1.58. The molecule has 1 aromatic carbocycles. The third kappa shape index (κ3) is 3.43. The molecule has 0 bridgehead atoms. The molecule has 5 nitrogen and oxygen atoms in total. The van der Waals surface area contributed by atoms with Crippen LogP contribution in [-0.2, 0) is 11.3 Å². The van der Waals surface area contributed by atoms with Crippen molar-refractivity contribution < 1.29 is 4.79 Å². The monoisotopic (exact) mass is 358 g/mol. The van der Waals surface area contributed by atoms with Gasteiger partial charge in [-0.3, -0.25) is 4.79 Å². The van der Waals surface area contributed by atoms with E-state index in [1.165, 1.54) is 36.8 Å². The minimum atomic E-state index is -0.144. The summed E-state index contributed by atoms with van der Waals surface area (Å²) in [7, 11) is 0. The summed E-state index contributed by atoms with van der Waals surface area (Å²) in [6.45, 7) is 2.72. The summed E-state index contributed by atoms with van der Waals surface area (Å²) in [6, 6.07) is 9.12. The highest BCUT2D eigenvalue weighted by Gasteiger charge is 2.42. The first-order valence-corrected chi connectivity index (χ1v) is 9.81. The maximum absolute atomic E-state index is 12.1. The molecular weight excluding hydrogens is 332 g/mol. The SMILES string of the molecule is O=C1NC(=S)N(Cc2ccccc2[C@@H]2CCCCCN2)C2CCNC12. The Bertz CT molecular complexity index is 657. The highest BCUT2D eigenvalue weighted by molar-refractivity contribution is 7.80.